The molecule has 0 spiro atoms. The molecular weight excluding hydrogens is 224 g/mol. The summed E-state index contributed by atoms with van der Waals surface area (Å²) in [5.74, 6) is -0.498. The number of hydrogen-bond donors (Lipinski definition) is 0. The Hall–Kier alpha value is -1.77. The average Bonchev–Trinajstić information content (AvgIpc) is 2.32. The first-order valence-electron chi connectivity index (χ1n) is 5.53. The molecule has 0 aliphatic rings. The molecule has 0 bridgehead atoms. The van der Waals surface area contributed by atoms with E-state index < -0.39 is 12.0 Å². The summed E-state index contributed by atoms with van der Waals surface area (Å²) >= 11 is 0. The van der Waals surface area contributed by atoms with Crippen molar-refractivity contribution >= 4 is 18.1 Å². The van der Waals surface area contributed by atoms with E-state index in [1.54, 1.807) is 6.92 Å². The van der Waals surface area contributed by atoms with Crippen LogP contribution in [0.1, 0.15) is 32.6 Å². The molecule has 0 aliphatic carbocycles. The number of isocyanates is 2. The zero-order valence-electron chi connectivity index (χ0n) is 9.85. The SMILES string of the molecule is CCOC(=O)C(CCCCCN=C=O)N=C=O. The minimum atomic E-state index is -0.762. The monoisotopic (exact) mass is 240 g/mol. The van der Waals surface area contributed by atoms with Gasteiger partial charge in [-0.25, -0.2) is 19.4 Å². The van der Waals surface area contributed by atoms with Gasteiger partial charge in [-0.3, -0.25) is 0 Å². The summed E-state index contributed by atoms with van der Waals surface area (Å²) < 4.78 is 4.77. The van der Waals surface area contributed by atoms with Gasteiger partial charge in [-0.05, 0) is 19.8 Å². The highest BCUT2D eigenvalue weighted by Crippen LogP contribution is 2.08. The summed E-state index contributed by atoms with van der Waals surface area (Å²) in [7, 11) is 0. The fourth-order valence-electron chi connectivity index (χ4n) is 1.29. The van der Waals surface area contributed by atoms with Crippen LogP contribution in [0.2, 0.25) is 0 Å². The zero-order chi connectivity index (χ0) is 12.9. The van der Waals surface area contributed by atoms with Crippen molar-refractivity contribution in [1.29, 1.82) is 0 Å². The van der Waals surface area contributed by atoms with Gasteiger partial charge in [-0.15, -0.1) is 0 Å². The van der Waals surface area contributed by atoms with E-state index in [0.717, 1.165) is 12.8 Å². The van der Waals surface area contributed by atoms with Crippen LogP contribution in [-0.2, 0) is 19.1 Å². The number of carbonyl (C=O) groups is 1. The molecule has 94 valence electrons. The Morgan fingerprint density at radius 3 is 2.59 bits per heavy atom. The topological polar surface area (TPSA) is 85.2 Å². The lowest BCUT2D eigenvalue weighted by Gasteiger charge is -2.08. The fraction of sp³-hybridized carbons (Fsp3) is 0.727. The third-order valence-corrected chi connectivity index (χ3v) is 2.08. The number of carbonyl (C=O) groups excluding carboxylic acids is 3. The summed E-state index contributed by atoms with van der Waals surface area (Å²) in [6, 6.07) is -0.762. The standard InChI is InChI=1S/C11H16N2O4/c1-2-17-11(16)10(13-9-15)6-4-3-5-7-12-8-14/h10H,2-7H2,1H3. The van der Waals surface area contributed by atoms with E-state index in [2.05, 4.69) is 9.98 Å². The smallest absolute Gasteiger partial charge is 0.331 e. The maximum atomic E-state index is 11.3. The van der Waals surface area contributed by atoms with Crippen molar-refractivity contribution in [3.8, 4) is 0 Å². The molecule has 6 heteroatoms. The van der Waals surface area contributed by atoms with Crippen LogP contribution in [0.5, 0.6) is 0 Å². The van der Waals surface area contributed by atoms with Gasteiger partial charge in [0.05, 0.1) is 13.2 Å². The number of esters is 1. The minimum Gasteiger partial charge on any atom is -0.464 e. The average molecular weight is 240 g/mol. The van der Waals surface area contributed by atoms with Gasteiger partial charge < -0.3 is 4.74 Å². The lowest BCUT2D eigenvalue weighted by Crippen LogP contribution is -2.21. The molecule has 0 saturated heterocycles. The molecule has 1 atom stereocenters. The van der Waals surface area contributed by atoms with Crippen molar-refractivity contribution in [3.05, 3.63) is 0 Å². The van der Waals surface area contributed by atoms with Crippen molar-refractivity contribution in [3.63, 3.8) is 0 Å². The molecule has 0 heterocycles. The normalized spacial score (nSPS) is 10.9. The van der Waals surface area contributed by atoms with Crippen LogP contribution in [0.25, 0.3) is 0 Å². The highest BCUT2D eigenvalue weighted by Gasteiger charge is 2.17. The highest BCUT2D eigenvalue weighted by atomic mass is 16.5. The van der Waals surface area contributed by atoms with Gasteiger partial charge in [0.1, 0.15) is 0 Å². The molecule has 0 aromatic rings. The van der Waals surface area contributed by atoms with Crippen molar-refractivity contribution in [2.45, 2.75) is 38.6 Å². The summed E-state index contributed by atoms with van der Waals surface area (Å²) in [5.41, 5.74) is 0. The lowest BCUT2D eigenvalue weighted by molar-refractivity contribution is -0.144. The summed E-state index contributed by atoms with van der Waals surface area (Å²) in [5, 5.41) is 0. The highest BCUT2D eigenvalue weighted by molar-refractivity contribution is 5.76. The Labute approximate surface area is 99.8 Å². The number of aliphatic imine (C=N–C) groups is 2. The largest absolute Gasteiger partial charge is 0.464 e. The first-order chi connectivity index (χ1) is 8.26. The molecule has 0 rings (SSSR count). The number of unbranched alkanes of at least 4 members (excludes halogenated alkanes) is 2. The van der Waals surface area contributed by atoms with Crippen molar-refractivity contribution in [1.82, 2.24) is 0 Å². The van der Waals surface area contributed by atoms with Crippen LogP contribution in [0.3, 0.4) is 0 Å². The van der Waals surface area contributed by atoms with Crippen molar-refractivity contribution in [2.75, 3.05) is 13.2 Å². The van der Waals surface area contributed by atoms with Crippen LogP contribution >= 0.6 is 0 Å². The summed E-state index contributed by atoms with van der Waals surface area (Å²) in [4.78, 5) is 38.1. The molecule has 0 radical (unpaired) electrons. The van der Waals surface area contributed by atoms with E-state index in [0.29, 0.717) is 19.4 Å². The maximum absolute atomic E-state index is 11.3. The Morgan fingerprint density at radius 2 is 2.00 bits per heavy atom. The van der Waals surface area contributed by atoms with Gasteiger partial charge >= 0.3 is 5.97 Å². The van der Waals surface area contributed by atoms with Gasteiger partial charge in [-0.1, -0.05) is 12.8 Å². The van der Waals surface area contributed by atoms with E-state index in [1.165, 1.54) is 12.2 Å². The molecule has 0 amide bonds. The van der Waals surface area contributed by atoms with Crippen LogP contribution in [0, 0.1) is 0 Å². The van der Waals surface area contributed by atoms with E-state index >= 15 is 0 Å². The van der Waals surface area contributed by atoms with Gasteiger partial charge in [0.15, 0.2) is 6.04 Å². The van der Waals surface area contributed by atoms with Gasteiger partial charge in [0.2, 0.25) is 12.2 Å². The molecule has 0 aliphatic heterocycles. The predicted octanol–water partition coefficient (Wildman–Crippen LogP) is 1.15. The summed E-state index contributed by atoms with van der Waals surface area (Å²) in [6.07, 6.45) is 5.53. The molecule has 0 N–H and O–H groups in total. The van der Waals surface area contributed by atoms with Gasteiger partial charge in [0, 0.05) is 0 Å². The third-order valence-electron chi connectivity index (χ3n) is 2.08. The van der Waals surface area contributed by atoms with E-state index in [4.69, 9.17) is 4.74 Å². The number of hydrogen-bond acceptors (Lipinski definition) is 6. The molecule has 0 saturated carbocycles. The van der Waals surface area contributed by atoms with E-state index in [9.17, 15) is 14.4 Å². The van der Waals surface area contributed by atoms with Crippen LogP contribution < -0.4 is 0 Å². The zero-order valence-corrected chi connectivity index (χ0v) is 9.85. The lowest BCUT2D eigenvalue weighted by atomic mass is 10.1. The Morgan fingerprint density at radius 1 is 1.24 bits per heavy atom. The maximum Gasteiger partial charge on any atom is 0.331 e. The molecule has 6 nitrogen and oxygen atoms in total. The first kappa shape index (κ1) is 15.2. The molecule has 0 fully saturated rings. The van der Waals surface area contributed by atoms with Crippen LogP contribution in [0.15, 0.2) is 9.98 Å². The molecule has 17 heavy (non-hydrogen) atoms. The van der Waals surface area contributed by atoms with Gasteiger partial charge in [0.25, 0.3) is 0 Å². The second-order valence-electron chi connectivity index (χ2n) is 3.31. The first-order valence-corrected chi connectivity index (χ1v) is 5.53. The molecule has 0 aromatic carbocycles. The van der Waals surface area contributed by atoms with Crippen LogP contribution in [0.4, 0.5) is 0 Å². The number of rotatable bonds is 9. The van der Waals surface area contributed by atoms with E-state index in [-0.39, 0.29) is 6.61 Å². The quantitative estimate of drug-likeness (QED) is 0.262. The van der Waals surface area contributed by atoms with Crippen molar-refractivity contribution in [2.24, 2.45) is 9.98 Å². The summed E-state index contributed by atoms with van der Waals surface area (Å²) in [6.45, 7) is 2.39. The number of ether oxygens (including phenoxy) is 1. The second-order valence-corrected chi connectivity index (χ2v) is 3.31. The predicted molar refractivity (Wildman–Crippen MR) is 60.0 cm³/mol. The molecular formula is C11H16N2O4. The Kier molecular flexibility index (Phi) is 9.62. The molecule has 1 unspecified atom stereocenters. The number of nitrogens with zero attached hydrogens (tertiary/aromatic N) is 2. The van der Waals surface area contributed by atoms with Crippen LogP contribution in [-0.4, -0.2) is 37.3 Å². The van der Waals surface area contributed by atoms with Gasteiger partial charge in [-0.2, -0.15) is 4.99 Å². The third kappa shape index (κ3) is 8.08. The van der Waals surface area contributed by atoms with E-state index in [1.807, 2.05) is 0 Å². The van der Waals surface area contributed by atoms with Crippen molar-refractivity contribution < 1.29 is 19.1 Å². The second kappa shape index (κ2) is 10.7. The minimum absolute atomic E-state index is 0.262. The molecule has 0 aromatic heterocycles. The Bertz CT molecular complexity index is 317. The fourth-order valence-corrected chi connectivity index (χ4v) is 1.29. The Balaban J connectivity index is 3.88.